The lowest BCUT2D eigenvalue weighted by Crippen LogP contribution is -1.95. The van der Waals surface area contributed by atoms with Crippen molar-refractivity contribution >= 4 is 15.2 Å². The van der Waals surface area contributed by atoms with Crippen LogP contribution in [0.5, 0.6) is 0 Å². The summed E-state index contributed by atoms with van der Waals surface area (Å²) in [5.74, 6) is 0. The van der Waals surface area contributed by atoms with Crippen LogP contribution in [0.15, 0.2) is 0 Å². The maximum atomic E-state index is 10.4. The summed E-state index contributed by atoms with van der Waals surface area (Å²) in [6.45, 7) is 0. The van der Waals surface area contributed by atoms with E-state index in [1.165, 1.54) is 0 Å². The van der Waals surface area contributed by atoms with E-state index in [9.17, 15) is 9.13 Å². The zero-order chi connectivity index (χ0) is 9.12. The van der Waals surface area contributed by atoms with Gasteiger partial charge in [0, 0.05) is 0 Å². The molecular formula is C2H8O7P2. The molecular weight excluding hydrogens is 198 g/mol. The first-order valence-corrected chi connectivity index (χ1v) is 5.92. The Labute approximate surface area is 62.3 Å². The van der Waals surface area contributed by atoms with Crippen LogP contribution in [0, 0.1) is 0 Å². The molecule has 7 nitrogen and oxygen atoms in total. The van der Waals surface area contributed by atoms with Crippen LogP contribution >= 0.6 is 15.2 Å². The van der Waals surface area contributed by atoms with Crippen LogP contribution in [-0.2, 0) is 13.4 Å². The fourth-order valence-corrected chi connectivity index (χ4v) is 2.26. The highest BCUT2D eigenvalue weighted by Crippen LogP contribution is 2.57. The minimum absolute atomic E-state index is 1.27. The van der Waals surface area contributed by atoms with E-state index in [1.54, 1.807) is 0 Å². The van der Waals surface area contributed by atoms with Crippen molar-refractivity contribution in [1.29, 1.82) is 0 Å². The topological polar surface area (TPSA) is 124 Å². The molecule has 0 amide bonds. The van der Waals surface area contributed by atoms with Crippen LogP contribution in [0.2, 0.25) is 0 Å². The fraction of sp³-hybridized carbons (Fsp3) is 1.00. The van der Waals surface area contributed by atoms with Crippen LogP contribution in [0.1, 0.15) is 0 Å². The molecule has 0 fully saturated rings. The Morgan fingerprint density at radius 3 is 1.45 bits per heavy atom. The molecule has 0 heterocycles. The van der Waals surface area contributed by atoms with E-state index in [0.29, 0.717) is 0 Å². The van der Waals surface area contributed by atoms with Crippen LogP contribution in [0.3, 0.4) is 0 Å². The Bertz CT molecular complexity index is 188. The molecule has 0 saturated heterocycles. The summed E-state index contributed by atoms with van der Waals surface area (Å²) >= 11 is 0. The van der Waals surface area contributed by atoms with E-state index in [1.807, 2.05) is 0 Å². The Morgan fingerprint density at radius 1 is 1.00 bits per heavy atom. The second-order valence-corrected chi connectivity index (χ2v) is 5.41. The van der Waals surface area contributed by atoms with Gasteiger partial charge in [-0.15, -0.1) is 0 Å². The molecule has 0 aliphatic heterocycles. The highest BCUT2D eigenvalue weighted by molar-refractivity contribution is 7.66. The van der Waals surface area contributed by atoms with Crippen LogP contribution in [0.25, 0.3) is 0 Å². The van der Waals surface area contributed by atoms with Crippen LogP contribution < -0.4 is 0 Å². The maximum absolute atomic E-state index is 10.4. The average molecular weight is 206 g/mol. The molecule has 0 aromatic carbocycles. The van der Waals surface area contributed by atoms with Gasteiger partial charge in [0.1, 0.15) is 12.7 Å². The second-order valence-electron chi connectivity index (χ2n) is 1.64. The third-order valence-electron chi connectivity index (χ3n) is 0.613. The number of hydrogen-bond donors (Lipinski definition) is 4. The lowest BCUT2D eigenvalue weighted by Gasteiger charge is -2.12. The molecule has 0 aliphatic carbocycles. The van der Waals surface area contributed by atoms with Gasteiger partial charge in [-0.2, -0.15) is 0 Å². The summed E-state index contributed by atoms with van der Waals surface area (Å²) in [5.41, 5.74) is 0. The Balaban J connectivity index is 4.26. The third kappa shape index (κ3) is 4.66. The van der Waals surface area contributed by atoms with Gasteiger partial charge in [0.15, 0.2) is 0 Å². The Hall–Kier alpha value is 0.260. The van der Waals surface area contributed by atoms with Gasteiger partial charge in [-0.25, -0.2) is 4.31 Å². The molecule has 2 atom stereocenters. The van der Waals surface area contributed by atoms with Crippen molar-refractivity contribution in [3.05, 3.63) is 0 Å². The van der Waals surface area contributed by atoms with Gasteiger partial charge in [0.25, 0.3) is 0 Å². The summed E-state index contributed by atoms with van der Waals surface area (Å²) < 4.78 is 24.4. The zero-order valence-corrected chi connectivity index (χ0v) is 7.11. The first kappa shape index (κ1) is 11.3. The fourth-order valence-electron chi connectivity index (χ4n) is 0.251. The van der Waals surface area contributed by atoms with Crippen molar-refractivity contribution in [1.82, 2.24) is 0 Å². The minimum Gasteiger partial charge on any atom is -0.384 e. The molecule has 0 spiro atoms. The second kappa shape index (κ2) is 3.78. The molecule has 68 valence electrons. The first-order chi connectivity index (χ1) is 4.83. The Morgan fingerprint density at radius 2 is 1.27 bits per heavy atom. The molecule has 0 saturated carbocycles. The smallest absolute Gasteiger partial charge is 0.360 e. The molecule has 9 heteroatoms. The predicted molar refractivity (Wildman–Crippen MR) is 34.9 cm³/mol. The molecule has 0 aromatic heterocycles. The van der Waals surface area contributed by atoms with Crippen molar-refractivity contribution < 1.29 is 33.4 Å². The molecule has 0 aliphatic rings. The van der Waals surface area contributed by atoms with Crippen molar-refractivity contribution in [2.45, 2.75) is 0 Å². The summed E-state index contributed by atoms with van der Waals surface area (Å²) in [7, 11) is -8.86. The molecule has 0 radical (unpaired) electrons. The summed E-state index contributed by atoms with van der Waals surface area (Å²) in [4.78, 5) is 16.9. The number of hydrogen-bond acceptors (Lipinski definition) is 5. The lowest BCUT2D eigenvalue weighted by molar-refractivity contribution is 0.255. The van der Waals surface area contributed by atoms with E-state index in [4.69, 9.17) is 20.0 Å². The van der Waals surface area contributed by atoms with E-state index >= 15 is 0 Å². The first-order valence-electron chi connectivity index (χ1n) is 2.40. The van der Waals surface area contributed by atoms with E-state index in [-0.39, 0.29) is 0 Å². The van der Waals surface area contributed by atoms with Gasteiger partial charge in [0.2, 0.25) is 0 Å². The molecule has 11 heavy (non-hydrogen) atoms. The molecule has 4 N–H and O–H groups in total. The average Bonchev–Trinajstić information content (AvgIpc) is 1.86. The molecule has 0 aromatic rings. The summed E-state index contributed by atoms with van der Waals surface area (Å²) in [5, 5.41) is 16.2. The maximum Gasteiger partial charge on any atom is 0.360 e. The summed E-state index contributed by atoms with van der Waals surface area (Å²) in [6.07, 6.45) is -2.53. The number of aliphatic hydroxyl groups excluding tert-OH is 2. The number of rotatable bonds is 4. The van der Waals surface area contributed by atoms with Gasteiger partial charge >= 0.3 is 15.2 Å². The molecule has 2 unspecified atom stereocenters. The van der Waals surface area contributed by atoms with E-state index in [2.05, 4.69) is 4.31 Å². The zero-order valence-electron chi connectivity index (χ0n) is 5.32. The van der Waals surface area contributed by atoms with Gasteiger partial charge in [-0.05, 0) is 0 Å². The Kier molecular flexibility index (Phi) is 3.87. The summed E-state index contributed by atoms with van der Waals surface area (Å²) in [6, 6.07) is 0. The van der Waals surface area contributed by atoms with Crippen molar-refractivity contribution in [3.8, 4) is 0 Å². The lowest BCUT2D eigenvalue weighted by atomic mass is 11.7. The van der Waals surface area contributed by atoms with Gasteiger partial charge in [-0.1, -0.05) is 0 Å². The SMILES string of the molecule is O=P(O)(CO)OP(=O)(O)CO. The monoisotopic (exact) mass is 206 g/mol. The normalized spacial score (nSPS) is 22.2. The predicted octanol–water partition coefficient (Wildman–Crippen LogP) is -0.727. The third-order valence-corrected chi connectivity index (χ3v) is 3.37. The minimum atomic E-state index is -4.43. The van der Waals surface area contributed by atoms with Crippen LogP contribution in [-0.4, -0.2) is 32.7 Å². The van der Waals surface area contributed by atoms with Crippen molar-refractivity contribution in [2.24, 2.45) is 0 Å². The van der Waals surface area contributed by atoms with E-state index in [0.717, 1.165) is 0 Å². The standard InChI is InChI=1S/C2H8O7P2/c3-1-10(5,6)9-11(7,8)2-4/h3-4H,1-2H2,(H,5,6)(H,7,8). The van der Waals surface area contributed by atoms with Crippen molar-refractivity contribution in [2.75, 3.05) is 12.7 Å². The highest BCUT2D eigenvalue weighted by atomic mass is 31.3. The quantitative estimate of drug-likeness (QED) is 0.447. The van der Waals surface area contributed by atoms with E-state index < -0.39 is 27.9 Å². The largest absolute Gasteiger partial charge is 0.384 e. The van der Waals surface area contributed by atoms with Crippen molar-refractivity contribution in [3.63, 3.8) is 0 Å². The number of aliphatic hydroxyl groups is 2. The van der Waals surface area contributed by atoms with Gasteiger partial charge in [-0.3, -0.25) is 9.13 Å². The van der Waals surface area contributed by atoms with Gasteiger partial charge < -0.3 is 20.0 Å². The molecule has 0 bridgehead atoms. The van der Waals surface area contributed by atoms with Gasteiger partial charge in [0.05, 0.1) is 0 Å². The highest BCUT2D eigenvalue weighted by Gasteiger charge is 2.30. The molecule has 0 rings (SSSR count). The van der Waals surface area contributed by atoms with Crippen LogP contribution in [0.4, 0.5) is 0 Å².